The van der Waals surface area contributed by atoms with E-state index in [2.05, 4.69) is 34.5 Å². The quantitative estimate of drug-likeness (QED) is 0.712. The van der Waals surface area contributed by atoms with E-state index in [0.717, 1.165) is 19.6 Å². The molecule has 1 aliphatic rings. The highest BCUT2D eigenvalue weighted by atomic mass is 15.2. The van der Waals surface area contributed by atoms with Gasteiger partial charge in [-0.25, -0.2) is 0 Å². The summed E-state index contributed by atoms with van der Waals surface area (Å²) in [5.41, 5.74) is 6.95. The van der Waals surface area contributed by atoms with Gasteiger partial charge in [0.05, 0.1) is 0 Å². The van der Waals surface area contributed by atoms with Crippen LogP contribution < -0.4 is 16.0 Å². The highest BCUT2D eigenvalue weighted by Gasteiger charge is 2.17. The molecule has 1 aliphatic heterocycles. The molecule has 0 aliphatic carbocycles. The van der Waals surface area contributed by atoms with Crippen LogP contribution in [0.5, 0.6) is 0 Å². The summed E-state index contributed by atoms with van der Waals surface area (Å²) in [6, 6.07) is 10.9. The van der Waals surface area contributed by atoms with Crippen molar-refractivity contribution >= 4 is 5.69 Å². The molecule has 1 heterocycles. The van der Waals surface area contributed by atoms with Crippen molar-refractivity contribution < 1.29 is 0 Å². The Kier molecular flexibility index (Phi) is 3.01. The van der Waals surface area contributed by atoms with Crippen molar-refractivity contribution in [3.8, 4) is 0 Å². The summed E-state index contributed by atoms with van der Waals surface area (Å²) in [6.07, 6.45) is 0. The highest BCUT2D eigenvalue weighted by Crippen LogP contribution is 2.14. The van der Waals surface area contributed by atoms with E-state index in [1.165, 1.54) is 5.69 Å². The number of anilines is 1. The summed E-state index contributed by atoms with van der Waals surface area (Å²) < 4.78 is 0. The number of piperazine rings is 1. The van der Waals surface area contributed by atoms with Gasteiger partial charge < -0.3 is 16.0 Å². The first-order valence-electron chi connectivity index (χ1n) is 5.13. The number of para-hydroxylation sites is 1. The van der Waals surface area contributed by atoms with Crippen LogP contribution in [-0.4, -0.2) is 32.2 Å². The normalized spacial score (nSPS) is 22.4. The van der Waals surface area contributed by atoms with E-state index in [-0.39, 0.29) is 0 Å². The Morgan fingerprint density at radius 3 is 2.86 bits per heavy atom. The molecule has 0 bridgehead atoms. The molecule has 3 nitrogen and oxygen atoms in total. The zero-order valence-electron chi connectivity index (χ0n) is 8.32. The van der Waals surface area contributed by atoms with Gasteiger partial charge in [-0.05, 0) is 12.1 Å². The summed E-state index contributed by atoms with van der Waals surface area (Å²) >= 11 is 0. The van der Waals surface area contributed by atoms with Gasteiger partial charge in [0, 0.05) is 37.9 Å². The number of nitrogens with one attached hydrogen (secondary N) is 1. The SMILES string of the molecule is NC[C@H]1CN(c2ccccc2)CCN1. The van der Waals surface area contributed by atoms with Crippen molar-refractivity contribution in [2.45, 2.75) is 6.04 Å². The first-order valence-corrected chi connectivity index (χ1v) is 5.13. The van der Waals surface area contributed by atoms with Gasteiger partial charge in [-0.1, -0.05) is 18.2 Å². The van der Waals surface area contributed by atoms with Crippen molar-refractivity contribution in [3.63, 3.8) is 0 Å². The topological polar surface area (TPSA) is 41.3 Å². The fourth-order valence-electron chi connectivity index (χ4n) is 1.86. The predicted octanol–water partition coefficient (Wildman–Crippen LogP) is 0.423. The van der Waals surface area contributed by atoms with Crippen molar-refractivity contribution in [2.75, 3.05) is 31.1 Å². The molecule has 3 N–H and O–H groups in total. The average molecular weight is 191 g/mol. The van der Waals surface area contributed by atoms with Crippen LogP contribution in [0.4, 0.5) is 5.69 Å². The zero-order valence-corrected chi connectivity index (χ0v) is 8.32. The van der Waals surface area contributed by atoms with Crippen molar-refractivity contribution in [1.29, 1.82) is 0 Å². The van der Waals surface area contributed by atoms with Gasteiger partial charge >= 0.3 is 0 Å². The Balaban J connectivity index is 2.04. The molecule has 3 heteroatoms. The fraction of sp³-hybridized carbons (Fsp3) is 0.455. The Labute approximate surface area is 84.9 Å². The molecule has 0 spiro atoms. The number of rotatable bonds is 2. The maximum atomic E-state index is 5.65. The molecule has 1 atom stereocenters. The number of nitrogens with two attached hydrogens (primary N) is 1. The smallest absolute Gasteiger partial charge is 0.0367 e. The Bertz CT molecular complexity index is 273. The first-order chi connectivity index (χ1) is 6.90. The molecule has 1 fully saturated rings. The van der Waals surface area contributed by atoms with Crippen LogP contribution in [0.2, 0.25) is 0 Å². The van der Waals surface area contributed by atoms with Crippen LogP contribution in [0, 0.1) is 0 Å². The number of benzene rings is 1. The van der Waals surface area contributed by atoms with Crippen LogP contribution in [0.3, 0.4) is 0 Å². The average Bonchev–Trinajstić information content (AvgIpc) is 2.30. The molecule has 1 aromatic carbocycles. The van der Waals surface area contributed by atoms with E-state index in [0.29, 0.717) is 12.6 Å². The molecule has 0 unspecified atom stereocenters. The second-order valence-corrected chi connectivity index (χ2v) is 3.67. The molecule has 0 aromatic heterocycles. The first kappa shape index (κ1) is 9.49. The third kappa shape index (κ3) is 2.05. The molecular weight excluding hydrogens is 174 g/mol. The van der Waals surface area contributed by atoms with E-state index in [9.17, 15) is 0 Å². The molecule has 2 rings (SSSR count). The minimum atomic E-state index is 0.434. The zero-order chi connectivity index (χ0) is 9.80. The summed E-state index contributed by atoms with van der Waals surface area (Å²) in [4.78, 5) is 2.38. The minimum absolute atomic E-state index is 0.434. The van der Waals surface area contributed by atoms with E-state index in [4.69, 9.17) is 5.73 Å². The van der Waals surface area contributed by atoms with Gasteiger partial charge in [0.1, 0.15) is 0 Å². The maximum absolute atomic E-state index is 5.65. The monoisotopic (exact) mass is 191 g/mol. The van der Waals surface area contributed by atoms with Crippen molar-refractivity contribution in [2.24, 2.45) is 5.73 Å². The molecular formula is C11H17N3. The fourth-order valence-corrected chi connectivity index (χ4v) is 1.86. The Morgan fingerprint density at radius 2 is 2.14 bits per heavy atom. The summed E-state index contributed by atoms with van der Waals surface area (Å²) in [6.45, 7) is 3.82. The third-order valence-corrected chi connectivity index (χ3v) is 2.66. The van der Waals surface area contributed by atoms with Gasteiger partial charge in [0.15, 0.2) is 0 Å². The van der Waals surface area contributed by atoms with Crippen LogP contribution in [0.15, 0.2) is 30.3 Å². The number of hydrogen-bond donors (Lipinski definition) is 2. The van der Waals surface area contributed by atoms with Gasteiger partial charge in [0.25, 0.3) is 0 Å². The predicted molar refractivity (Wildman–Crippen MR) is 59.5 cm³/mol. The summed E-state index contributed by atoms with van der Waals surface area (Å²) in [5, 5.41) is 3.40. The number of hydrogen-bond acceptors (Lipinski definition) is 3. The number of nitrogens with zero attached hydrogens (tertiary/aromatic N) is 1. The van der Waals surface area contributed by atoms with Crippen molar-refractivity contribution in [3.05, 3.63) is 30.3 Å². The van der Waals surface area contributed by atoms with Crippen LogP contribution in [0.1, 0.15) is 0 Å². The molecule has 0 saturated carbocycles. The molecule has 76 valence electrons. The largest absolute Gasteiger partial charge is 0.369 e. The summed E-state index contributed by atoms with van der Waals surface area (Å²) in [7, 11) is 0. The molecule has 14 heavy (non-hydrogen) atoms. The van der Waals surface area contributed by atoms with E-state index in [1.807, 2.05) is 6.07 Å². The lowest BCUT2D eigenvalue weighted by molar-refractivity contribution is 0.463. The van der Waals surface area contributed by atoms with Gasteiger partial charge in [-0.2, -0.15) is 0 Å². The minimum Gasteiger partial charge on any atom is -0.369 e. The molecule has 0 radical (unpaired) electrons. The standard InChI is InChI=1S/C11H17N3/c12-8-10-9-14(7-6-13-10)11-4-2-1-3-5-11/h1-5,10,13H,6-9,12H2/t10-/m0/s1. The lowest BCUT2D eigenvalue weighted by atomic mass is 10.2. The van der Waals surface area contributed by atoms with Crippen LogP contribution in [0.25, 0.3) is 0 Å². The third-order valence-electron chi connectivity index (χ3n) is 2.66. The van der Waals surface area contributed by atoms with Gasteiger partial charge in [-0.3, -0.25) is 0 Å². The molecule has 1 aromatic rings. The second kappa shape index (κ2) is 4.44. The highest BCUT2D eigenvalue weighted by molar-refractivity contribution is 5.46. The van der Waals surface area contributed by atoms with Gasteiger partial charge in [-0.15, -0.1) is 0 Å². The second-order valence-electron chi connectivity index (χ2n) is 3.67. The Morgan fingerprint density at radius 1 is 1.36 bits per heavy atom. The van der Waals surface area contributed by atoms with E-state index >= 15 is 0 Å². The maximum Gasteiger partial charge on any atom is 0.0367 e. The van der Waals surface area contributed by atoms with Crippen molar-refractivity contribution in [1.82, 2.24) is 5.32 Å². The lowest BCUT2D eigenvalue weighted by Crippen LogP contribution is -2.53. The van der Waals surface area contributed by atoms with E-state index < -0.39 is 0 Å². The van der Waals surface area contributed by atoms with Crippen LogP contribution in [-0.2, 0) is 0 Å². The molecule has 1 saturated heterocycles. The lowest BCUT2D eigenvalue weighted by Gasteiger charge is -2.34. The Hall–Kier alpha value is -1.06. The van der Waals surface area contributed by atoms with Crippen LogP contribution >= 0.6 is 0 Å². The van der Waals surface area contributed by atoms with Gasteiger partial charge in [0.2, 0.25) is 0 Å². The van der Waals surface area contributed by atoms with E-state index in [1.54, 1.807) is 0 Å². The summed E-state index contributed by atoms with van der Waals surface area (Å²) in [5.74, 6) is 0. The molecule has 0 amide bonds.